The molecule has 0 saturated carbocycles. The van der Waals surface area contributed by atoms with E-state index in [0.29, 0.717) is 19.9 Å². The van der Waals surface area contributed by atoms with Crippen LogP contribution in [0.4, 0.5) is 0 Å². The van der Waals surface area contributed by atoms with E-state index in [-0.39, 0.29) is 0 Å². The van der Waals surface area contributed by atoms with Crippen molar-refractivity contribution in [2.24, 2.45) is 0 Å². The first-order valence-electron chi connectivity index (χ1n) is 3.09. The average molecular weight is 237 g/mol. The summed E-state index contributed by atoms with van der Waals surface area (Å²) >= 11 is 7.39. The summed E-state index contributed by atoms with van der Waals surface area (Å²) in [7, 11) is 0. The average Bonchev–Trinajstić information content (AvgIpc) is 2.11. The Balaban J connectivity index is 3.07. The molecule has 1 aromatic heterocycles. The molecular formula is C7H10S2Se. The van der Waals surface area contributed by atoms with Crippen LogP contribution in [0.1, 0.15) is 25.6 Å². The zero-order valence-corrected chi connectivity index (χ0v) is 9.65. The molecule has 0 amide bonds. The Labute approximate surface area is 76.7 Å². The Bertz CT molecular complexity index is 264. The molecule has 0 N–H and O–H groups in total. The number of rotatable bonds is 0. The van der Waals surface area contributed by atoms with E-state index in [1.165, 1.54) is 7.57 Å². The van der Waals surface area contributed by atoms with Crippen LogP contribution < -0.4 is 0 Å². The predicted octanol–water partition coefficient (Wildman–Crippen LogP) is 2.83. The SMILES string of the molecule is CC(C)(C)c1c[se]c(=S)s1. The monoisotopic (exact) mass is 238 g/mol. The van der Waals surface area contributed by atoms with E-state index < -0.39 is 0 Å². The molecule has 3 heteroatoms. The molecule has 10 heavy (non-hydrogen) atoms. The van der Waals surface area contributed by atoms with Crippen molar-refractivity contribution in [2.45, 2.75) is 26.2 Å². The summed E-state index contributed by atoms with van der Waals surface area (Å²) in [4.78, 5) is 3.76. The first-order chi connectivity index (χ1) is 4.50. The molecular weight excluding hydrogens is 227 g/mol. The number of hydrogen-bond acceptors (Lipinski definition) is 2. The van der Waals surface area contributed by atoms with E-state index in [4.69, 9.17) is 12.2 Å². The molecule has 0 aliphatic carbocycles. The third-order valence-electron chi connectivity index (χ3n) is 1.19. The molecule has 0 nitrogen and oxygen atoms in total. The Kier molecular flexibility index (Phi) is 2.51. The van der Waals surface area contributed by atoms with Crippen LogP contribution in [-0.2, 0) is 5.41 Å². The maximum atomic E-state index is 5.10. The molecule has 0 aromatic carbocycles. The fourth-order valence-corrected chi connectivity index (χ4v) is 4.51. The minimum absolute atomic E-state index is 0.312. The summed E-state index contributed by atoms with van der Waals surface area (Å²) in [6.07, 6.45) is 0. The fourth-order valence-electron chi connectivity index (χ4n) is 0.569. The van der Waals surface area contributed by atoms with Crippen LogP contribution in [-0.4, -0.2) is 14.5 Å². The van der Waals surface area contributed by atoms with Gasteiger partial charge in [0.05, 0.1) is 0 Å². The standard InChI is InChI=1S/C7H10S2Se/c1-7(2,3)5-4-10-6(8)9-5/h4H,1-3H3. The van der Waals surface area contributed by atoms with Gasteiger partial charge in [-0.2, -0.15) is 0 Å². The minimum atomic E-state index is 0.312. The summed E-state index contributed by atoms with van der Waals surface area (Å²) in [6.45, 7) is 6.70. The van der Waals surface area contributed by atoms with Crippen molar-refractivity contribution < 1.29 is 0 Å². The van der Waals surface area contributed by atoms with Crippen molar-refractivity contribution in [1.29, 1.82) is 0 Å². The molecule has 0 aliphatic heterocycles. The van der Waals surface area contributed by atoms with Gasteiger partial charge >= 0.3 is 76.8 Å². The van der Waals surface area contributed by atoms with E-state index in [0.717, 1.165) is 0 Å². The van der Waals surface area contributed by atoms with E-state index >= 15 is 0 Å². The molecule has 0 atom stereocenters. The van der Waals surface area contributed by atoms with Crippen LogP contribution in [0.5, 0.6) is 0 Å². The quantitative estimate of drug-likeness (QED) is 0.494. The Morgan fingerprint density at radius 2 is 2.10 bits per heavy atom. The van der Waals surface area contributed by atoms with Crippen LogP contribution in [0.25, 0.3) is 0 Å². The molecule has 0 saturated heterocycles. The van der Waals surface area contributed by atoms with Gasteiger partial charge in [-0.15, -0.1) is 0 Å². The van der Waals surface area contributed by atoms with E-state index in [1.807, 2.05) is 0 Å². The maximum absolute atomic E-state index is 5.10. The van der Waals surface area contributed by atoms with Gasteiger partial charge < -0.3 is 0 Å². The van der Waals surface area contributed by atoms with E-state index in [2.05, 4.69) is 25.7 Å². The second-order valence-corrected chi connectivity index (χ2v) is 7.93. The van der Waals surface area contributed by atoms with Gasteiger partial charge in [0.1, 0.15) is 0 Å². The molecule has 1 aromatic rings. The molecule has 0 spiro atoms. The van der Waals surface area contributed by atoms with Crippen LogP contribution >= 0.6 is 23.6 Å². The van der Waals surface area contributed by atoms with Crippen LogP contribution in [0.3, 0.4) is 0 Å². The summed E-state index contributed by atoms with van der Waals surface area (Å²) in [5, 5.41) is 0. The van der Waals surface area contributed by atoms with Crippen LogP contribution in [0.15, 0.2) is 4.94 Å². The molecule has 0 radical (unpaired) electrons. The summed E-state index contributed by atoms with van der Waals surface area (Å²) in [5.74, 6) is 0. The second kappa shape index (κ2) is 2.90. The predicted molar refractivity (Wildman–Crippen MR) is 50.8 cm³/mol. The normalized spacial score (nSPS) is 11.9. The molecule has 0 aliphatic rings. The molecule has 1 rings (SSSR count). The van der Waals surface area contributed by atoms with Gasteiger partial charge in [-0.1, -0.05) is 0 Å². The fraction of sp³-hybridized carbons (Fsp3) is 0.571. The molecule has 56 valence electrons. The Morgan fingerprint density at radius 1 is 1.50 bits per heavy atom. The van der Waals surface area contributed by atoms with Gasteiger partial charge in [0.15, 0.2) is 0 Å². The van der Waals surface area contributed by atoms with Crippen molar-refractivity contribution in [3.63, 3.8) is 0 Å². The van der Waals surface area contributed by atoms with Crippen molar-refractivity contribution in [1.82, 2.24) is 0 Å². The molecule has 1 heterocycles. The summed E-state index contributed by atoms with van der Waals surface area (Å²) in [5.41, 5.74) is 0.312. The van der Waals surface area contributed by atoms with Crippen molar-refractivity contribution in [3.05, 3.63) is 12.5 Å². The van der Waals surface area contributed by atoms with E-state index in [9.17, 15) is 0 Å². The van der Waals surface area contributed by atoms with Crippen LogP contribution in [0.2, 0.25) is 0 Å². The van der Waals surface area contributed by atoms with Crippen molar-refractivity contribution >= 4 is 38.1 Å². The summed E-state index contributed by atoms with van der Waals surface area (Å²) in [6, 6.07) is 0. The zero-order valence-electron chi connectivity index (χ0n) is 6.30. The Hall–Kier alpha value is 0.569. The van der Waals surface area contributed by atoms with Crippen molar-refractivity contribution in [2.75, 3.05) is 0 Å². The van der Waals surface area contributed by atoms with Gasteiger partial charge in [-0.3, -0.25) is 0 Å². The second-order valence-electron chi connectivity index (χ2n) is 3.20. The first kappa shape index (κ1) is 8.66. The van der Waals surface area contributed by atoms with Crippen molar-refractivity contribution in [3.8, 4) is 0 Å². The Morgan fingerprint density at radius 3 is 2.30 bits per heavy atom. The summed E-state index contributed by atoms with van der Waals surface area (Å²) < 4.78 is 1.18. The molecule has 0 fully saturated rings. The van der Waals surface area contributed by atoms with Gasteiger partial charge in [0.2, 0.25) is 0 Å². The number of hydrogen-bond donors (Lipinski definition) is 0. The van der Waals surface area contributed by atoms with Crippen LogP contribution in [0, 0.1) is 2.70 Å². The van der Waals surface area contributed by atoms with Gasteiger partial charge in [0.25, 0.3) is 0 Å². The zero-order chi connectivity index (χ0) is 7.78. The van der Waals surface area contributed by atoms with E-state index in [1.54, 1.807) is 11.3 Å². The molecule has 0 unspecified atom stereocenters. The molecule has 0 bridgehead atoms. The third kappa shape index (κ3) is 2.03. The third-order valence-corrected chi connectivity index (χ3v) is 5.57. The van der Waals surface area contributed by atoms with Gasteiger partial charge in [-0.05, 0) is 0 Å². The van der Waals surface area contributed by atoms with Gasteiger partial charge in [-0.25, -0.2) is 0 Å². The first-order valence-corrected chi connectivity index (χ1v) is 6.16. The topological polar surface area (TPSA) is 0 Å². The van der Waals surface area contributed by atoms with Gasteiger partial charge in [0, 0.05) is 0 Å².